The van der Waals surface area contributed by atoms with E-state index < -0.39 is 22.9 Å². The lowest BCUT2D eigenvalue weighted by atomic mass is 9.83. The number of carboxylic acid groups (broad SMARTS) is 1. The molecular formula is C28H22Cl2FNO4. The Bertz CT molecular complexity index is 1390. The molecule has 4 rings (SSSR count). The number of Topliss-reactive ketones (excluding diaryl/α,β-unsaturated/α-hetero) is 1. The van der Waals surface area contributed by atoms with Gasteiger partial charge in [-0.15, -0.1) is 0 Å². The summed E-state index contributed by atoms with van der Waals surface area (Å²) in [4.78, 5) is 29.7. The van der Waals surface area contributed by atoms with Crippen molar-refractivity contribution in [2.24, 2.45) is 4.99 Å². The zero-order valence-corrected chi connectivity index (χ0v) is 20.8. The summed E-state index contributed by atoms with van der Waals surface area (Å²) in [7, 11) is 0. The molecule has 5 nitrogen and oxygen atoms in total. The van der Waals surface area contributed by atoms with Crippen molar-refractivity contribution >= 4 is 41.2 Å². The molecule has 0 fully saturated rings. The molecule has 3 aromatic carbocycles. The van der Waals surface area contributed by atoms with E-state index in [2.05, 4.69) is 4.99 Å². The lowest BCUT2D eigenvalue weighted by Gasteiger charge is -2.25. The van der Waals surface area contributed by atoms with Crippen LogP contribution in [0.3, 0.4) is 0 Å². The molecule has 0 saturated carbocycles. The van der Waals surface area contributed by atoms with Gasteiger partial charge < -0.3 is 9.84 Å². The highest BCUT2D eigenvalue weighted by molar-refractivity contribution is 6.37. The minimum atomic E-state index is -1.35. The van der Waals surface area contributed by atoms with E-state index in [1.165, 1.54) is 18.2 Å². The Labute approximate surface area is 217 Å². The van der Waals surface area contributed by atoms with Gasteiger partial charge in [0.1, 0.15) is 17.1 Å². The fourth-order valence-electron chi connectivity index (χ4n) is 4.06. The zero-order valence-electron chi connectivity index (χ0n) is 19.3. The van der Waals surface area contributed by atoms with Gasteiger partial charge in [0, 0.05) is 23.2 Å². The van der Waals surface area contributed by atoms with Gasteiger partial charge in [0.2, 0.25) is 0 Å². The summed E-state index contributed by atoms with van der Waals surface area (Å²) in [5.41, 5.74) is 0.465. The van der Waals surface area contributed by atoms with E-state index in [1.54, 1.807) is 42.6 Å². The maximum absolute atomic E-state index is 14.0. The molecule has 3 aromatic rings. The molecule has 1 unspecified atom stereocenters. The van der Waals surface area contributed by atoms with Crippen molar-refractivity contribution in [3.8, 4) is 16.9 Å². The molecular weight excluding hydrogens is 504 g/mol. The molecule has 0 amide bonds. The summed E-state index contributed by atoms with van der Waals surface area (Å²) in [6, 6.07) is 13.9. The Balaban J connectivity index is 1.78. The predicted octanol–water partition coefficient (Wildman–Crippen LogP) is 7.09. The Hall–Kier alpha value is -3.48. The highest BCUT2D eigenvalue weighted by atomic mass is 35.5. The summed E-state index contributed by atoms with van der Waals surface area (Å²) in [5.74, 6) is -1.89. The van der Waals surface area contributed by atoms with Crippen LogP contribution in [-0.4, -0.2) is 35.2 Å². The summed E-state index contributed by atoms with van der Waals surface area (Å²) < 4.78 is 19.9. The largest absolute Gasteiger partial charge is 0.493 e. The van der Waals surface area contributed by atoms with Gasteiger partial charge in [-0.25, -0.2) is 9.18 Å². The molecule has 1 aliphatic rings. The second-order valence-electron chi connectivity index (χ2n) is 8.36. The van der Waals surface area contributed by atoms with E-state index in [-0.39, 0.29) is 17.2 Å². The molecule has 36 heavy (non-hydrogen) atoms. The molecule has 1 atom stereocenters. The fraction of sp³-hybridized carbons (Fsp3) is 0.179. The SMILES string of the molecule is CCCOc1ccc(-c2ccc(F)c(C(=O)O)c2)cc1CC1(C(=O)c2ccc(Cl)cc2Cl)C=CC=N1. The van der Waals surface area contributed by atoms with Gasteiger partial charge in [-0.1, -0.05) is 42.3 Å². The summed E-state index contributed by atoms with van der Waals surface area (Å²) in [5, 5.41) is 9.97. The fourth-order valence-corrected chi connectivity index (χ4v) is 4.55. The molecule has 0 aromatic heterocycles. The number of carboxylic acids is 1. The summed E-state index contributed by atoms with van der Waals surface area (Å²) in [6.45, 7) is 2.45. The normalized spacial score (nSPS) is 16.3. The third-order valence-corrected chi connectivity index (χ3v) is 6.39. The van der Waals surface area contributed by atoms with E-state index in [9.17, 15) is 19.1 Å². The number of aliphatic imine (C=N–C) groups is 1. The number of ketones is 1. The lowest BCUT2D eigenvalue weighted by Crippen LogP contribution is -2.36. The maximum atomic E-state index is 14.0. The molecule has 0 bridgehead atoms. The van der Waals surface area contributed by atoms with Crippen LogP contribution in [0.5, 0.6) is 5.75 Å². The van der Waals surface area contributed by atoms with Gasteiger partial charge in [-0.3, -0.25) is 9.79 Å². The van der Waals surface area contributed by atoms with Gasteiger partial charge in [-0.05, 0) is 77.7 Å². The van der Waals surface area contributed by atoms with Crippen molar-refractivity contribution in [3.05, 3.63) is 99.3 Å². The average molecular weight is 526 g/mol. The Morgan fingerprint density at radius 2 is 1.78 bits per heavy atom. The van der Waals surface area contributed by atoms with Crippen molar-refractivity contribution in [2.45, 2.75) is 25.3 Å². The van der Waals surface area contributed by atoms with E-state index >= 15 is 0 Å². The van der Waals surface area contributed by atoms with Crippen molar-refractivity contribution in [3.63, 3.8) is 0 Å². The number of rotatable bonds is 9. The second kappa shape index (κ2) is 10.6. The van der Waals surface area contributed by atoms with Crippen LogP contribution in [0.1, 0.15) is 39.6 Å². The predicted molar refractivity (Wildman–Crippen MR) is 139 cm³/mol. The monoisotopic (exact) mass is 525 g/mol. The zero-order chi connectivity index (χ0) is 25.9. The number of carbonyl (C=O) groups is 2. The third kappa shape index (κ3) is 5.20. The first-order valence-corrected chi connectivity index (χ1v) is 12.0. The van der Waals surface area contributed by atoms with E-state index in [4.69, 9.17) is 27.9 Å². The number of benzene rings is 3. The van der Waals surface area contributed by atoms with Crippen LogP contribution in [0.15, 0.2) is 71.7 Å². The molecule has 8 heteroatoms. The van der Waals surface area contributed by atoms with Crippen molar-refractivity contribution < 1.29 is 23.8 Å². The van der Waals surface area contributed by atoms with Crippen LogP contribution in [0, 0.1) is 5.82 Å². The molecule has 0 spiro atoms. The van der Waals surface area contributed by atoms with Crippen molar-refractivity contribution in [1.82, 2.24) is 0 Å². The summed E-state index contributed by atoms with van der Waals surface area (Å²) >= 11 is 12.4. The second-order valence-corrected chi connectivity index (χ2v) is 9.21. The van der Waals surface area contributed by atoms with E-state index in [0.29, 0.717) is 39.6 Å². The van der Waals surface area contributed by atoms with Gasteiger partial charge in [0.05, 0.1) is 17.2 Å². The number of halogens is 3. The van der Waals surface area contributed by atoms with Crippen LogP contribution in [-0.2, 0) is 6.42 Å². The minimum absolute atomic E-state index is 0.164. The van der Waals surface area contributed by atoms with Crippen molar-refractivity contribution in [2.75, 3.05) is 6.61 Å². The number of hydrogen-bond donors (Lipinski definition) is 1. The molecule has 1 heterocycles. The first-order chi connectivity index (χ1) is 17.2. The molecule has 0 saturated heterocycles. The van der Waals surface area contributed by atoms with Crippen LogP contribution in [0.25, 0.3) is 11.1 Å². The number of aromatic carboxylic acids is 1. The lowest BCUT2D eigenvalue weighted by molar-refractivity contribution is 0.0691. The van der Waals surface area contributed by atoms with E-state index in [1.807, 2.05) is 13.0 Å². The maximum Gasteiger partial charge on any atom is 0.338 e. The first-order valence-electron chi connectivity index (χ1n) is 11.3. The standard InChI is InChI=1S/C28H22Cl2FNO4/c1-2-12-36-25-9-5-17(18-4-8-24(31)22(14-18)27(34)35)13-19(25)16-28(10-3-11-32-28)26(33)21-7-6-20(29)15-23(21)30/h3-11,13-15H,2,12,16H2,1H3,(H,34,35). The minimum Gasteiger partial charge on any atom is -0.493 e. The van der Waals surface area contributed by atoms with Crippen LogP contribution in [0.4, 0.5) is 4.39 Å². The van der Waals surface area contributed by atoms with Crippen molar-refractivity contribution in [1.29, 1.82) is 0 Å². The Kier molecular flexibility index (Phi) is 7.57. The third-order valence-electron chi connectivity index (χ3n) is 5.84. The molecule has 184 valence electrons. The number of ether oxygens (including phenoxy) is 1. The van der Waals surface area contributed by atoms with Crippen LogP contribution < -0.4 is 4.74 Å². The molecule has 1 aliphatic heterocycles. The van der Waals surface area contributed by atoms with E-state index in [0.717, 1.165) is 12.5 Å². The Morgan fingerprint density at radius 3 is 2.44 bits per heavy atom. The topological polar surface area (TPSA) is 76.0 Å². The van der Waals surface area contributed by atoms with Gasteiger partial charge in [0.15, 0.2) is 5.78 Å². The molecule has 0 radical (unpaired) electrons. The number of carbonyl (C=O) groups excluding carboxylic acids is 1. The average Bonchev–Trinajstić information content (AvgIpc) is 3.32. The van der Waals surface area contributed by atoms with Gasteiger partial charge >= 0.3 is 5.97 Å². The Morgan fingerprint density at radius 1 is 1.03 bits per heavy atom. The first kappa shape index (κ1) is 25.6. The highest BCUT2D eigenvalue weighted by Crippen LogP contribution is 2.36. The summed E-state index contributed by atoms with van der Waals surface area (Å²) in [6.07, 6.45) is 5.94. The quantitative estimate of drug-likeness (QED) is 0.302. The molecule has 0 aliphatic carbocycles. The van der Waals surface area contributed by atoms with Crippen LogP contribution in [0.2, 0.25) is 10.0 Å². The van der Waals surface area contributed by atoms with Gasteiger partial charge in [0.25, 0.3) is 0 Å². The van der Waals surface area contributed by atoms with Gasteiger partial charge in [-0.2, -0.15) is 0 Å². The number of allylic oxidation sites excluding steroid dienone is 1. The number of hydrogen-bond acceptors (Lipinski definition) is 4. The smallest absolute Gasteiger partial charge is 0.338 e. The molecule has 1 N–H and O–H groups in total. The van der Waals surface area contributed by atoms with Crippen LogP contribution >= 0.6 is 23.2 Å². The number of nitrogens with zero attached hydrogens (tertiary/aromatic N) is 1. The highest BCUT2D eigenvalue weighted by Gasteiger charge is 2.39.